The van der Waals surface area contributed by atoms with Crippen LogP contribution in [0.2, 0.25) is 0 Å². The molecule has 17 heavy (non-hydrogen) atoms. The summed E-state index contributed by atoms with van der Waals surface area (Å²) in [6.45, 7) is 4.12. The molecule has 1 aromatic rings. The van der Waals surface area contributed by atoms with Crippen molar-refractivity contribution in [3.63, 3.8) is 0 Å². The SMILES string of the molecule is CC(C)C1CC(=O)NC(=O)C1c1ccccc1. The van der Waals surface area contributed by atoms with Gasteiger partial charge in [-0.05, 0) is 17.4 Å². The molecule has 0 aromatic heterocycles. The summed E-state index contributed by atoms with van der Waals surface area (Å²) < 4.78 is 0. The zero-order valence-corrected chi connectivity index (χ0v) is 10.1. The molecule has 1 aliphatic heterocycles. The molecule has 0 bridgehead atoms. The van der Waals surface area contributed by atoms with Crippen LogP contribution in [0.3, 0.4) is 0 Å². The Morgan fingerprint density at radius 2 is 1.82 bits per heavy atom. The molecule has 1 aliphatic rings. The molecule has 3 heteroatoms. The minimum absolute atomic E-state index is 0.0960. The maximum absolute atomic E-state index is 12.0. The second-order valence-electron chi connectivity index (χ2n) is 4.91. The van der Waals surface area contributed by atoms with Gasteiger partial charge >= 0.3 is 0 Å². The fraction of sp³-hybridized carbons (Fsp3) is 0.429. The summed E-state index contributed by atoms with van der Waals surface area (Å²) in [6, 6.07) is 9.69. The molecule has 90 valence electrons. The number of hydrogen-bond acceptors (Lipinski definition) is 2. The highest BCUT2D eigenvalue weighted by Crippen LogP contribution is 2.35. The molecule has 2 rings (SSSR count). The van der Waals surface area contributed by atoms with Gasteiger partial charge in [0.1, 0.15) is 0 Å². The van der Waals surface area contributed by atoms with Crippen molar-refractivity contribution in [1.82, 2.24) is 5.32 Å². The first kappa shape index (κ1) is 11.8. The van der Waals surface area contributed by atoms with E-state index in [1.165, 1.54) is 0 Å². The molecule has 1 heterocycles. The van der Waals surface area contributed by atoms with E-state index >= 15 is 0 Å². The van der Waals surface area contributed by atoms with E-state index in [4.69, 9.17) is 0 Å². The van der Waals surface area contributed by atoms with Crippen molar-refractivity contribution in [2.24, 2.45) is 11.8 Å². The Kier molecular flexibility index (Phi) is 3.27. The van der Waals surface area contributed by atoms with E-state index in [1.807, 2.05) is 30.3 Å². The van der Waals surface area contributed by atoms with Crippen LogP contribution in [0.25, 0.3) is 0 Å². The standard InChI is InChI=1S/C14H17NO2/c1-9(2)11-8-12(16)15-14(17)13(11)10-6-4-3-5-7-10/h3-7,9,11,13H,8H2,1-2H3,(H,15,16,17). The zero-order chi connectivity index (χ0) is 12.4. The van der Waals surface area contributed by atoms with E-state index in [1.54, 1.807) is 0 Å². The molecular formula is C14H17NO2. The second-order valence-corrected chi connectivity index (χ2v) is 4.91. The summed E-state index contributed by atoms with van der Waals surface area (Å²) in [5, 5.41) is 2.43. The molecule has 2 atom stereocenters. The largest absolute Gasteiger partial charge is 0.296 e. The summed E-state index contributed by atoms with van der Waals surface area (Å²) >= 11 is 0. The molecule has 2 unspecified atom stereocenters. The molecule has 0 aliphatic carbocycles. The molecule has 2 amide bonds. The summed E-state index contributed by atoms with van der Waals surface area (Å²) in [5.74, 6) is -0.102. The summed E-state index contributed by atoms with van der Waals surface area (Å²) in [5.41, 5.74) is 0.996. The molecule has 1 aromatic carbocycles. The molecular weight excluding hydrogens is 214 g/mol. The Labute approximate surface area is 101 Å². The van der Waals surface area contributed by atoms with Gasteiger partial charge in [-0.25, -0.2) is 0 Å². The first-order valence-electron chi connectivity index (χ1n) is 5.98. The number of carbonyl (C=O) groups excluding carboxylic acids is 2. The van der Waals surface area contributed by atoms with E-state index < -0.39 is 0 Å². The third kappa shape index (κ3) is 2.38. The first-order valence-corrected chi connectivity index (χ1v) is 5.98. The smallest absolute Gasteiger partial charge is 0.234 e. The van der Waals surface area contributed by atoms with Gasteiger partial charge in [-0.2, -0.15) is 0 Å². The van der Waals surface area contributed by atoms with E-state index in [9.17, 15) is 9.59 Å². The van der Waals surface area contributed by atoms with Crippen LogP contribution in [0.4, 0.5) is 0 Å². The Balaban J connectivity index is 2.34. The van der Waals surface area contributed by atoms with Crippen molar-refractivity contribution < 1.29 is 9.59 Å². The van der Waals surface area contributed by atoms with E-state index in [0.717, 1.165) is 5.56 Å². The lowest BCUT2D eigenvalue weighted by molar-refractivity contribution is -0.137. The number of benzene rings is 1. The predicted octanol–water partition coefficient (Wildman–Crippen LogP) is 2.09. The Morgan fingerprint density at radius 3 is 2.41 bits per heavy atom. The van der Waals surface area contributed by atoms with Gasteiger partial charge in [0.15, 0.2) is 0 Å². The molecule has 1 N–H and O–H groups in total. The quantitative estimate of drug-likeness (QED) is 0.792. The van der Waals surface area contributed by atoms with Gasteiger partial charge in [-0.15, -0.1) is 0 Å². The summed E-state index contributed by atoms with van der Waals surface area (Å²) in [6.07, 6.45) is 0.433. The Bertz CT molecular complexity index is 425. The van der Waals surface area contributed by atoms with Crippen molar-refractivity contribution in [2.45, 2.75) is 26.2 Å². The van der Waals surface area contributed by atoms with Crippen molar-refractivity contribution in [3.05, 3.63) is 35.9 Å². The minimum atomic E-state index is -0.200. The van der Waals surface area contributed by atoms with Crippen molar-refractivity contribution in [3.8, 4) is 0 Å². The van der Waals surface area contributed by atoms with Crippen LogP contribution in [0.5, 0.6) is 0 Å². The van der Waals surface area contributed by atoms with Crippen LogP contribution in [-0.4, -0.2) is 11.8 Å². The number of carbonyl (C=O) groups is 2. The second kappa shape index (κ2) is 4.70. The highest BCUT2D eigenvalue weighted by molar-refractivity contribution is 6.01. The maximum Gasteiger partial charge on any atom is 0.234 e. The molecule has 3 nitrogen and oxygen atoms in total. The van der Waals surface area contributed by atoms with Crippen LogP contribution in [-0.2, 0) is 9.59 Å². The monoisotopic (exact) mass is 231 g/mol. The number of hydrogen-bond donors (Lipinski definition) is 1. The van der Waals surface area contributed by atoms with Gasteiger partial charge in [0.25, 0.3) is 0 Å². The zero-order valence-electron chi connectivity index (χ0n) is 10.1. The third-order valence-corrected chi connectivity index (χ3v) is 3.41. The van der Waals surface area contributed by atoms with Crippen LogP contribution in [0, 0.1) is 11.8 Å². The van der Waals surface area contributed by atoms with Crippen LogP contribution < -0.4 is 5.32 Å². The summed E-state index contributed by atoms with van der Waals surface area (Å²) in [7, 11) is 0. The molecule has 1 saturated heterocycles. The highest BCUT2D eigenvalue weighted by atomic mass is 16.2. The van der Waals surface area contributed by atoms with Gasteiger partial charge in [0, 0.05) is 6.42 Å². The molecule has 0 saturated carbocycles. The minimum Gasteiger partial charge on any atom is -0.296 e. The van der Waals surface area contributed by atoms with Crippen molar-refractivity contribution >= 4 is 11.8 Å². The number of imide groups is 1. The molecule has 1 fully saturated rings. The lowest BCUT2D eigenvalue weighted by atomic mass is 9.75. The highest BCUT2D eigenvalue weighted by Gasteiger charge is 2.38. The topological polar surface area (TPSA) is 46.2 Å². The molecule has 0 radical (unpaired) electrons. The first-order chi connectivity index (χ1) is 8.09. The van der Waals surface area contributed by atoms with Gasteiger partial charge in [-0.1, -0.05) is 44.2 Å². The average molecular weight is 231 g/mol. The predicted molar refractivity (Wildman–Crippen MR) is 65.3 cm³/mol. The lowest BCUT2D eigenvalue weighted by Crippen LogP contribution is -2.45. The third-order valence-electron chi connectivity index (χ3n) is 3.41. The number of rotatable bonds is 2. The molecule has 0 spiro atoms. The normalized spacial score (nSPS) is 24.9. The van der Waals surface area contributed by atoms with Gasteiger partial charge < -0.3 is 0 Å². The van der Waals surface area contributed by atoms with Crippen LogP contribution in [0.1, 0.15) is 31.7 Å². The number of nitrogens with one attached hydrogen (secondary N) is 1. The average Bonchev–Trinajstić information content (AvgIpc) is 2.29. The number of piperidine rings is 1. The fourth-order valence-corrected chi connectivity index (χ4v) is 2.47. The lowest BCUT2D eigenvalue weighted by Gasteiger charge is -2.33. The fourth-order valence-electron chi connectivity index (χ4n) is 2.47. The van der Waals surface area contributed by atoms with E-state index in [2.05, 4.69) is 19.2 Å². The summed E-state index contributed by atoms with van der Waals surface area (Å²) in [4.78, 5) is 23.4. The maximum atomic E-state index is 12.0. The Hall–Kier alpha value is -1.64. The van der Waals surface area contributed by atoms with Crippen LogP contribution >= 0.6 is 0 Å². The van der Waals surface area contributed by atoms with Crippen LogP contribution in [0.15, 0.2) is 30.3 Å². The van der Waals surface area contributed by atoms with Crippen molar-refractivity contribution in [2.75, 3.05) is 0 Å². The van der Waals surface area contributed by atoms with Gasteiger partial charge in [0.05, 0.1) is 5.92 Å². The number of amides is 2. The van der Waals surface area contributed by atoms with Gasteiger partial charge in [-0.3, -0.25) is 14.9 Å². The Morgan fingerprint density at radius 1 is 1.18 bits per heavy atom. The van der Waals surface area contributed by atoms with E-state index in [-0.39, 0.29) is 23.7 Å². The van der Waals surface area contributed by atoms with Gasteiger partial charge in [0.2, 0.25) is 11.8 Å². The van der Waals surface area contributed by atoms with E-state index in [0.29, 0.717) is 12.3 Å². The van der Waals surface area contributed by atoms with Crippen molar-refractivity contribution in [1.29, 1.82) is 0 Å².